The highest BCUT2D eigenvalue weighted by atomic mass is 16.5. The lowest BCUT2D eigenvalue weighted by Crippen LogP contribution is -2.47. The van der Waals surface area contributed by atoms with Crippen LogP contribution >= 0.6 is 0 Å². The van der Waals surface area contributed by atoms with Crippen LogP contribution in [0.15, 0.2) is 65.9 Å². The lowest BCUT2D eigenvalue weighted by Gasteiger charge is -2.29. The fraction of sp³-hybridized carbons (Fsp3) is 0.190. The second-order valence-electron chi connectivity index (χ2n) is 6.20. The Balaban J connectivity index is 1.98. The van der Waals surface area contributed by atoms with Crippen molar-refractivity contribution in [2.24, 2.45) is 5.73 Å². The third kappa shape index (κ3) is 4.55. The highest BCUT2D eigenvalue weighted by Gasteiger charge is 2.34. The van der Waals surface area contributed by atoms with Crippen LogP contribution in [0.25, 0.3) is 0 Å². The quantitative estimate of drug-likeness (QED) is 0.620. The summed E-state index contributed by atoms with van der Waals surface area (Å²) in [7, 11) is 0. The fourth-order valence-corrected chi connectivity index (χ4v) is 3.02. The third-order valence-electron chi connectivity index (χ3n) is 4.31. The lowest BCUT2D eigenvalue weighted by atomic mass is 9.95. The summed E-state index contributed by atoms with van der Waals surface area (Å²) in [5, 5.41) is 5.35. The molecule has 4 N–H and O–H groups in total. The molecule has 0 unspecified atom stereocenters. The van der Waals surface area contributed by atoms with Crippen molar-refractivity contribution in [2.45, 2.75) is 13.0 Å². The Morgan fingerprint density at radius 1 is 1.07 bits per heavy atom. The topological polar surface area (TPSA) is 120 Å². The molecule has 150 valence electrons. The van der Waals surface area contributed by atoms with Crippen LogP contribution in [-0.4, -0.2) is 31.1 Å². The SMILES string of the molecule is CCOC(=O)C1=C(COc2ccccc2C(N)=O)NC(=O)N[C@@H]1c1ccccc1. The normalized spacial score (nSPS) is 15.9. The summed E-state index contributed by atoms with van der Waals surface area (Å²) < 4.78 is 10.9. The van der Waals surface area contributed by atoms with Crippen molar-refractivity contribution in [3.8, 4) is 5.75 Å². The number of amides is 3. The molecule has 8 heteroatoms. The first-order chi connectivity index (χ1) is 14.0. The van der Waals surface area contributed by atoms with Gasteiger partial charge in [-0.25, -0.2) is 9.59 Å². The van der Waals surface area contributed by atoms with Crippen LogP contribution in [0.2, 0.25) is 0 Å². The van der Waals surface area contributed by atoms with E-state index in [1.54, 1.807) is 37.3 Å². The number of primary amides is 1. The predicted octanol–water partition coefficient (Wildman–Crippen LogP) is 2.04. The number of esters is 1. The van der Waals surface area contributed by atoms with Crippen LogP contribution in [0.5, 0.6) is 5.75 Å². The number of hydrogen-bond donors (Lipinski definition) is 3. The average molecular weight is 395 g/mol. The molecule has 2 aromatic rings. The van der Waals surface area contributed by atoms with Crippen molar-refractivity contribution in [1.29, 1.82) is 0 Å². The first kappa shape index (κ1) is 19.9. The van der Waals surface area contributed by atoms with Crippen LogP contribution in [0.1, 0.15) is 28.9 Å². The summed E-state index contributed by atoms with van der Waals surface area (Å²) in [6.07, 6.45) is 0. The third-order valence-corrected chi connectivity index (χ3v) is 4.31. The highest BCUT2D eigenvalue weighted by molar-refractivity contribution is 5.96. The second-order valence-corrected chi connectivity index (χ2v) is 6.20. The maximum absolute atomic E-state index is 12.7. The van der Waals surface area contributed by atoms with Crippen molar-refractivity contribution in [3.63, 3.8) is 0 Å². The molecule has 3 rings (SSSR count). The molecule has 0 aromatic heterocycles. The van der Waals surface area contributed by atoms with E-state index in [4.69, 9.17) is 15.2 Å². The largest absolute Gasteiger partial charge is 0.487 e. The Morgan fingerprint density at radius 2 is 1.76 bits per heavy atom. The van der Waals surface area contributed by atoms with Gasteiger partial charge < -0.3 is 25.8 Å². The zero-order valence-electron chi connectivity index (χ0n) is 15.8. The molecule has 29 heavy (non-hydrogen) atoms. The zero-order valence-corrected chi connectivity index (χ0v) is 15.8. The number of para-hydroxylation sites is 1. The van der Waals surface area contributed by atoms with E-state index in [0.717, 1.165) is 5.56 Å². The highest BCUT2D eigenvalue weighted by Crippen LogP contribution is 2.28. The number of rotatable bonds is 7. The molecule has 0 aliphatic carbocycles. The smallest absolute Gasteiger partial charge is 0.338 e. The maximum atomic E-state index is 12.7. The van der Waals surface area contributed by atoms with Crippen LogP contribution in [0.3, 0.4) is 0 Å². The summed E-state index contributed by atoms with van der Waals surface area (Å²) >= 11 is 0. The maximum Gasteiger partial charge on any atom is 0.338 e. The molecule has 8 nitrogen and oxygen atoms in total. The molecule has 0 fully saturated rings. The number of carbonyl (C=O) groups excluding carboxylic acids is 3. The lowest BCUT2D eigenvalue weighted by molar-refractivity contribution is -0.139. The Morgan fingerprint density at radius 3 is 2.45 bits per heavy atom. The monoisotopic (exact) mass is 395 g/mol. The molecule has 3 amide bonds. The van der Waals surface area contributed by atoms with Crippen molar-refractivity contribution in [2.75, 3.05) is 13.2 Å². The predicted molar refractivity (Wildman–Crippen MR) is 105 cm³/mol. The van der Waals surface area contributed by atoms with E-state index in [-0.39, 0.29) is 35.8 Å². The van der Waals surface area contributed by atoms with Gasteiger partial charge in [-0.05, 0) is 24.6 Å². The van der Waals surface area contributed by atoms with E-state index in [1.807, 2.05) is 18.2 Å². The van der Waals surface area contributed by atoms with Gasteiger partial charge in [0.2, 0.25) is 0 Å². The number of carbonyl (C=O) groups is 3. The van der Waals surface area contributed by atoms with Crippen molar-refractivity contribution >= 4 is 17.9 Å². The molecule has 2 aromatic carbocycles. The number of nitrogens with two attached hydrogens (primary N) is 1. The van der Waals surface area contributed by atoms with Crippen molar-refractivity contribution in [1.82, 2.24) is 10.6 Å². The minimum absolute atomic E-state index is 0.158. The van der Waals surface area contributed by atoms with E-state index >= 15 is 0 Å². The molecule has 0 saturated heterocycles. The van der Waals surface area contributed by atoms with Gasteiger partial charge in [-0.2, -0.15) is 0 Å². The minimum Gasteiger partial charge on any atom is -0.487 e. The minimum atomic E-state index is -0.700. The van der Waals surface area contributed by atoms with Gasteiger partial charge in [0.05, 0.1) is 29.5 Å². The van der Waals surface area contributed by atoms with E-state index in [1.165, 1.54) is 6.07 Å². The Bertz CT molecular complexity index is 956. The van der Waals surface area contributed by atoms with Gasteiger partial charge >= 0.3 is 12.0 Å². The van der Waals surface area contributed by atoms with Crippen molar-refractivity contribution < 1.29 is 23.9 Å². The van der Waals surface area contributed by atoms with Gasteiger partial charge in [-0.3, -0.25) is 4.79 Å². The summed E-state index contributed by atoms with van der Waals surface area (Å²) in [5.74, 6) is -0.966. The molecular weight excluding hydrogens is 374 g/mol. The summed E-state index contributed by atoms with van der Waals surface area (Å²) in [5.41, 5.74) is 6.78. The molecular formula is C21H21N3O5. The molecule has 1 aliphatic heterocycles. The van der Waals surface area contributed by atoms with Crippen molar-refractivity contribution in [3.05, 3.63) is 77.0 Å². The first-order valence-corrected chi connectivity index (χ1v) is 9.05. The van der Waals surface area contributed by atoms with Gasteiger partial charge in [0.25, 0.3) is 5.91 Å². The molecule has 0 saturated carbocycles. The summed E-state index contributed by atoms with van der Waals surface area (Å²) in [4.78, 5) is 36.5. The summed E-state index contributed by atoms with van der Waals surface area (Å²) in [6.45, 7) is 1.72. The van der Waals surface area contributed by atoms with E-state index in [9.17, 15) is 14.4 Å². The Labute approximate surface area is 167 Å². The Kier molecular flexibility index (Phi) is 6.13. The van der Waals surface area contributed by atoms with E-state index in [0.29, 0.717) is 0 Å². The van der Waals surface area contributed by atoms with Crippen LogP contribution in [0, 0.1) is 0 Å². The number of hydrogen-bond acceptors (Lipinski definition) is 5. The standard InChI is InChI=1S/C21H21N3O5/c1-2-28-20(26)17-15(12-29-16-11-7-6-10-14(16)19(22)25)23-21(27)24-18(17)13-8-4-3-5-9-13/h3-11,18H,2,12H2,1H3,(H2,22,25)(H2,23,24,27)/t18-/m1/s1. The zero-order chi connectivity index (χ0) is 20.8. The molecule has 0 spiro atoms. The number of benzene rings is 2. The molecule has 0 bridgehead atoms. The van der Waals surface area contributed by atoms with Gasteiger partial charge in [0.1, 0.15) is 12.4 Å². The second kappa shape index (κ2) is 8.92. The fourth-order valence-electron chi connectivity index (χ4n) is 3.02. The van der Waals surface area contributed by atoms with Crippen LogP contribution in [0.4, 0.5) is 4.79 Å². The molecule has 1 aliphatic rings. The van der Waals surface area contributed by atoms with Gasteiger partial charge in [0.15, 0.2) is 0 Å². The molecule has 1 heterocycles. The van der Waals surface area contributed by atoms with E-state index in [2.05, 4.69) is 10.6 Å². The Hall–Kier alpha value is -3.81. The number of ether oxygens (including phenoxy) is 2. The van der Waals surface area contributed by atoms with Gasteiger partial charge in [-0.1, -0.05) is 42.5 Å². The number of nitrogens with one attached hydrogen (secondary N) is 2. The van der Waals surface area contributed by atoms with E-state index < -0.39 is 23.9 Å². The van der Waals surface area contributed by atoms with Gasteiger partial charge in [0, 0.05) is 0 Å². The summed E-state index contributed by atoms with van der Waals surface area (Å²) in [6, 6.07) is 14.4. The molecule has 0 radical (unpaired) electrons. The molecule has 1 atom stereocenters. The first-order valence-electron chi connectivity index (χ1n) is 9.05. The van der Waals surface area contributed by atoms with Crippen LogP contribution < -0.4 is 21.1 Å². The van der Waals surface area contributed by atoms with Gasteiger partial charge in [-0.15, -0.1) is 0 Å². The average Bonchev–Trinajstić information content (AvgIpc) is 2.72. The van der Waals surface area contributed by atoms with Crippen LogP contribution in [-0.2, 0) is 9.53 Å². The number of urea groups is 1.